The molecule has 0 aromatic heterocycles. The highest BCUT2D eigenvalue weighted by molar-refractivity contribution is 5.99. The highest BCUT2D eigenvalue weighted by Gasteiger charge is 2.43. The Morgan fingerprint density at radius 1 is 1.26 bits per heavy atom. The van der Waals surface area contributed by atoms with Crippen molar-refractivity contribution >= 4 is 11.8 Å². The van der Waals surface area contributed by atoms with Crippen molar-refractivity contribution in [1.82, 2.24) is 20.4 Å². The molecule has 2 amide bonds. The number of nitrogens with one attached hydrogen (secondary N) is 2. The van der Waals surface area contributed by atoms with Crippen molar-refractivity contribution in [3.8, 4) is 0 Å². The number of hydrogen-bond donors (Lipinski definition) is 2. The molecule has 0 bridgehead atoms. The van der Waals surface area contributed by atoms with Crippen LogP contribution in [0.2, 0.25) is 0 Å². The van der Waals surface area contributed by atoms with Crippen LogP contribution >= 0.6 is 0 Å². The van der Waals surface area contributed by atoms with E-state index >= 15 is 0 Å². The van der Waals surface area contributed by atoms with Gasteiger partial charge in [-0.1, -0.05) is 6.07 Å². The highest BCUT2D eigenvalue weighted by atomic mass is 19.4. The van der Waals surface area contributed by atoms with Crippen LogP contribution in [0, 0.1) is 0 Å². The van der Waals surface area contributed by atoms with Gasteiger partial charge in [-0.05, 0) is 25.1 Å². The molecule has 1 aromatic carbocycles. The lowest BCUT2D eigenvalue weighted by atomic mass is 10.1. The zero-order valence-electron chi connectivity index (χ0n) is 15.5. The molecule has 1 heterocycles. The molecule has 27 heavy (non-hydrogen) atoms. The number of alkyl halides is 3. The van der Waals surface area contributed by atoms with Crippen molar-refractivity contribution in [2.45, 2.75) is 19.1 Å². The number of carbonyl (C=O) groups is 2. The molecule has 9 heteroatoms. The fourth-order valence-corrected chi connectivity index (χ4v) is 2.89. The largest absolute Gasteiger partial charge is 0.405 e. The van der Waals surface area contributed by atoms with Gasteiger partial charge in [0.15, 0.2) is 0 Å². The minimum atomic E-state index is -4.44. The average molecular weight is 386 g/mol. The Morgan fingerprint density at radius 2 is 1.89 bits per heavy atom. The molecule has 1 aliphatic heterocycles. The molecular weight excluding hydrogens is 361 g/mol. The zero-order chi connectivity index (χ0) is 20.0. The van der Waals surface area contributed by atoms with Crippen molar-refractivity contribution in [3.05, 3.63) is 35.4 Å². The van der Waals surface area contributed by atoms with Gasteiger partial charge in [0.1, 0.15) is 6.04 Å². The maximum Gasteiger partial charge on any atom is 0.405 e. The lowest BCUT2D eigenvalue weighted by molar-refractivity contribution is -0.183. The van der Waals surface area contributed by atoms with E-state index in [2.05, 4.69) is 10.6 Å². The van der Waals surface area contributed by atoms with E-state index in [1.165, 1.54) is 21.9 Å². The van der Waals surface area contributed by atoms with Crippen molar-refractivity contribution in [2.75, 3.05) is 46.3 Å². The van der Waals surface area contributed by atoms with Gasteiger partial charge in [0.25, 0.3) is 11.8 Å². The first kappa shape index (κ1) is 21.2. The van der Waals surface area contributed by atoms with Crippen LogP contribution in [0.1, 0.15) is 27.6 Å². The Morgan fingerprint density at radius 3 is 2.48 bits per heavy atom. The van der Waals surface area contributed by atoms with Crippen molar-refractivity contribution in [3.63, 3.8) is 0 Å². The second-order valence-electron chi connectivity index (χ2n) is 6.45. The standard InChI is InChI=1S/C18H25F3N4O2/c1-3-24(2)17(27)14-6-4-5-13(11-14)16(26)23-12-15(18(19,20)21)25-9-7-22-8-10-25/h4-6,11,15,22H,3,7-10,12H2,1-2H3,(H,23,26). The van der Waals surface area contributed by atoms with Gasteiger partial charge >= 0.3 is 6.18 Å². The van der Waals surface area contributed by atoms with E-state index in [1.54, 1.807) is 19.2 Å². The lowest BCUT2D eigenvalue weighted by Crippen LogP contribution is -2.57. The molecule has 1 aliphatic rings. The maximum absolute atomic E-state index is 13.4. The maximum atomic E-state index is 13.4. The molecule has 1 fully saturated rings. The summed E-state index contributed by atoms with van der Waals surface area (Å²) < 4.78 is 40.2. The number of benzene rings is 1. The molecule has 0 spiro atoms. The van der Waals surface area contributed by atoms with E-state index in [-0.39, 0.29) is 24.6 Å². The predicted octanol–water partition coefficient (Wildman–Crippen LogP) is 1.34. The summed E-state index contributed by atoms with van der Waals surface area (Å²) >= 11 is 0. The number of piperazine rings is 1. The first-order chi connectivity index (χ1) is 12.7. The summed E-state index contributed by atoms with van der Waals surface area (Å²) in [5, 5.41) is 5.38. The van der Waals surface area contributed by atoms with Crippen LogP contribution in [0.4, 0.5) is 13.2 Å². The molecule has 0 aliphatic carbocycles. The summed E-state index contributed by atoms with van der Waals surface area (Å²) in [6.07, 6.45) is -4.44. The normalized spacial score (nSPS) is 16.6. The summed E-state index contributed by atoms with van der Waals surface area (Å²) in [5.41, 5.74) is 0.480. The van der Waals surface area contributed by atoms with Gasteiger partial charge in [-0.15, -0.1) is 0 Å². The second kappa shape index (κ2) is 9.18. The quantitative estimate of drug-likeness (QED) is 0.775. The summed E-state index contributed by atoms with van der Waals surface area (Å²) in [7, 11) is 1.64. The summed E-state index contributed by atoms with van der Waals surface area (Å²) in [6, 6.07) is 4.26. The average Bonchev–Trinajstić information content (AvgIpc) is 2.66. The van der Waals surface area contributed by atoms with Gasteiger partial charge in [-0.2, -0.15) is 13.2 Å². The molecule has 150 valence electrons. The van der Waals surface area contributed by atoms with E-state index in [0.717, 1.165) is 0 Å². The van der Waals surface area contributed by atoms with Crippen molar-refractivity contribution < 1.29 is 22.8 Å². The van der Waals surface area contributed by atoms with Crippen LogP contribution in [0.15, 0.2) is 24.3 Å². The molecule has 0 saturated carbocycles. The van der Waals surface area contributed by atoms with Crippen molar-refractivity contribution in [2.24, 2.45) is 0 Å². The van der Waals surface area contributed by atoms with Crippen LogP contribution in [0.25, 0.3) is 0 Å². The fourth-order valence-electron chi connectivity index (χ4n) is 2.89. The second-order valence-corrected chi connectivity index (χ2v) is 6.45. The Bertz CT molecular complexity index is 660. The SMILES string of the molecule is CCN(C)C(=O)c1cccc(C(=O)NCC(N2CCNCC2)C(F)(F)F)c1. The fraction of sp³-hybridized carbons (Fsp3) is 0.556. The smallest absolute Gasteiger partial charge is 0.350 e. The molecule has 0 radical (unpaired) electrons. The molecule has 1 aromatic rings. The van der Waals surface area contributed by atoms with E-state index in [0.29, 0.717) is 25.2 Å². The predicted molar refractivity (Wildman–Crippen MR) is 95.7 cm³/mol. The first-order valence-corrected chi connectivity index (χ1v) is 8.89. The number of halogens is 3. The van der Waals surface area contributed by atoms with Crippen molar-refractivity contribution in [1.29, 1.82) is 0 Å². The molecule has 1 atom stereocenters. The number of hydrogen-bond acceptors (Lipinski definition) is 4. The van der Waals surface area contributed by atoms with Crippen LogP contribution in [-0.4, -0.2) is 80.1 Å². The van der Waals surface area contributed by atoms with E-state index in [1.807, 2.05) is 6.92 Å². The third kappa shape index (κ3) is 5.67. The van der Waals surface area contributed by atoms with Crippen LogP contribution < -0.4 is 10.6 Å². The minimum absolute atomic E-state index is 0.159. The van der Waals surface area contributed by atoms with E-state index in [9.17, 15) is 22.8 Å². The van der Waals surface area contributed by atoms with Gasteiger partial charge in [0.05, 0.1) is 0 Å². The summed E-state index contributed by atoms with van der Waals surface area (Å²) in [6.45, 7) is 3.30. The Balaban J connectivity index is 2.06. The Labute approximate surface area is 156 Å². The third-order valence-corrected chi connectivity index (χ3v) is 4.62. The number of rotatable bonds is 6. The zero-order valence-corrected chi connectivity index (χ0v) is 15.5. The monoisotopic (exact) mass is 386 g/mol. The number of nitrogens with zero attached hydrogens (tertiary/aromatic N) is 2. The minimum Gasteiger partial charge on any atom is -0.350 e. The molecule has 2 rings (SSSR count). The van der Waals surface area contributed by atoms with Gasteiger partial charge in [0, 0.05) is 57.4 Å². The van der Waals surface area contributed by atoms with Gasteiger partial charge in [-0.3, -0.25) is 14.5 Å². The van der Waals surface area contributed by atoms with Crippen LogP contribution in [0.3, 0.4) is 0 Å². The molecule has 2 N–H and O–H groups in total. The molecular formula is C18H25F3N4O2. The van der Waals surface area contributed by atoms with Gasteiger partial charge in [-0.25, -0.2) is 0 Å². The highest BCUT2D eigenvalue weighted by Crippen LogP contribution is 2.25. The Hall–Kier alpha value is -2.13. The summed E-state index contributed by atoms with van der Waals surface area (Å²) in [4.78, 5) is 27.3. The molecule has 1 unspecified atom stereocenters. The van der Waals surface area contributed by atoms with Crippen LogP contribution in [-0.2, 0) is 0 Å². The topological polar surface area (TPSA) is 64.7 Å². The number of carbonyl (C=O) groups excluding carboxylic acids is 2. The lowest BCUT2D eigenvalue weighted by Gasteiger charge is -2.35. The van der Waals surface area contributed by atoms with Gasteiger partial charge in [0.2, 0.25) is 0 Å². The van der Waals surface area contributed by atoms with E-state index < -0.39 is 24.7 Å². The molecule has 1 saturated heterocycles. The summed E-state index contributed by atoms with van der Waals surface area (Å²) in [5.74, 6) is -0.880. The molecule has 6 nitrogen and oxygen atoms in total. The van der Waals surface area contributed by atoms with Crippen LogP contribution in [0.5, 0.6) is 0 Å². The van der Waals surface area contributed by atoms with Gasteiger partial charge < -0.3 is 15.5 Å². The van der Waals surface area contributed by atoms with E-state index in [4.69, 9.17) is 0 Å². The number of amides is 2. The third-order valence-electron chi connectivity index (χ3n) is 4.62. The Kier molecular flexibility index (Phi) is 7.20. The first-order valence-electron chi connectivity index (χ1n) is 8.89.